The van der Waals surface area contributed by atoms with Gasteiger partial charge in [-0.3, -0.25) is 4.79 Å². The number of rotatable bonds is 2. The summed E-state index contributed by atoms with van der Waals surface area (Å²) in [6, 6.07) is 18.0. The normalized spacial score (nSPS) is 15.1. The van der Waals surface area contributed by atoms with Crippen molar-refractivity contribution in [3.05, 3.63) is 60.4 Å². The molecule has 0 atom stereocenters. The molecule has 4 rings (SSSR count). The van der Waals surface area contributed by atoms with E-state index in [0.29, 0.717) is 18.9 Å². The second-order valence-corrected chi connectivity index (χ2v) is 5.72. The van der Waals surface area contributed by atoms with Gasteiger partial charge in [-0.15, -0.1) is 0 Å². The highest BCUT2D eigenvalue weighted by Crippen LogP contribution is 2.17. The quantitative estimate of drug-likeness (QED) is 0.791. The summed E-state index contributed by atoms with van der Waals surface area (Å²) in [6.07, 6.45) is 0. The first-order chi connectivity index (χ1) is 11.3. The second-order valence-electron chi connectivity index (χ2n) is 5.72. The molecule has 3 aromatic rings. The van der Waals surface area contributed by atoms with Crippen molar-refractivity contribution in [1.29, 1.82) is 0 Å². The summed E-state index contributed by atoms with van der Waals surface area (Å²) in [5, 5.41) is 0. The lowest BCUT2D eigenvalue weighted by Crippen LogP contribution is -2.49. The van der Waals surface area contributed by atoms with E-state index in [1.54, 1.807) is 0 Å². The second kappa shape index (κ2) is 5.76. The van der Waals surface area contributed by atoms with Crippen molar-refractivity contribution in [3.8, 4) is 0 Å². The number of anilines is 1. The van der Waals surface area contributed by atoms with Gasteiger partial charge in [0.05, 0.1) is 11.0 Å². The highest BCUT2D eigenvalue weighted by molar-refractivity contribution is 5.94. The number of imidazole rings is 1. The molecule has 0 bridgehead atoms. The maximum atomic E-state index is 12.6. The van der Waals surface area contributed by atoms with Crippen LogP contribution in [0.1, 0.15) is 10.6 Å². The third kappa shape index (κ3) is 2.65. The molecule has 5 nitrogen and oxygen atoms in total. The number of nitrogens with one attached hydrogen (secondary N) is 1. The van der Waals surface area contributed by atoms with Crippen LogP contribution in [0.2, 0.25) is 0 Å². The molecule has 0 saturated carbocycles. The summed E-state index contributed by atoms with van der Waals surface area (Å²) in [5.41, 5.74) is 2.95. The van der Waals surface area contributed by atoms with Crippen molar-refractivity contribution < 1.29 is 4.79 Å². The smallest absolute Gasteiger partial charge is 0.289 e. The third-order valence-corrected chi connectivity index (χ3v) is 4.28. The molecule has 2 heterocycles. The first kappa shape index (κ1) is 13.8. The van der Waals surface area contributed by atoms with Gasteiger partial charge in [0.15, 0.2) is 5.82 Å². The van der Waals surface area contributed by atoms with E-state index in [4.69, 9.17) is 0 Å². The summed E-state index contributed by atoms with van der Waals surface area (Å²) in [5.74, 6) is 0.410. The van der Waals surface area contributed by atoms with E-state index in [0.717, 1.165) is 24.1 Å². The van der Waals surface area contributed by atoms with Gasteiger partial charge in [0.25, 0.3) is 5.91 Å². The Hall–Kier alpha value is -2.82. The number of carbonyl (C=O) groups excluding carboxylic acids is 1. The van der Waals surface area contributed by atoms with Crippen LogP contribution in [0.3, 0.4) is 0 Å². The Morgan fingerprint density at radius 1 is 0.913 bits per heavy atom. The standard InChI is InChI=1S/C18H18N4O/c23-18(17-19-15-8-4-5-9-16(15)20-17)22-12-10-21(11-13-22)14-6-2-1-3-7-14/h1-9H,10-13H2,(H,19,20). The number of aromatic amines is 1. The lowest BCUT2D eigenvalue weighted by Gasteiger charge is -2.35. The Labute approximate surface area is 134 Å². The monoisotopic (exact) mass is 306 g/mol. The number of hydrogen-bond acceptors (Lipinski definition) is 3. The SMILES string of the molecule is O=C(c1nc2ccccc2[nH]1)N1CCN(c2ccccc2)CC1. The molecule has 1 aromatic heterocycles. The fraction of sp³-hybridized carbons (Fsp3) is 0.222. The molecule has 0 radical (unpaired) electrons. The molecule has 1 aliphatic heterocycles. The average Bonchev–Trinajstić information content (AvgIpc) is 3.06. The molecule has 0 aliphatic carbocycles. The van der Waals surface area contributed by atoms with Crippen LogP contribution >= 0.6 is 0 Å². The maximum absolute atomic E-state index is 12.6. The van der Waals surface area contributed by atoms with Crippen molar-refractivity contribution in [1.82, 2.24) is 14.9 Å². The Balaban J connectivity index is 1.46. The van der Waals surface area contributed by atoms with Gasteiger partial charge in [0.1, 0.15) is 0 Å². The number of carbonyl (C=O) groups is 1. The number of fused-ring (bicyclic) bond motifs is 1. The predicted molar refractivity (Wildman–Crippen MR) is 90.7 cm³/mol. The average molecular weight is 306 g/mol. The van der Waals surface area contributed by atoms with E-state index >= 15 is 0 Å². The molecule has 2 aromatic carbocycles. The van der Waals surface area contributed by atoms with Crippen LogP contribution in [0.5, 0.6) is 0 Å². The molecule has 1 fully saturated rings. The topological polar surface area (TPSA) is 52.2 Å². The lowest BCUT2D eigenvalue weighted by molar-refractivity contribution is 0.0736. The number of amides is 1. The van der Waals surface area contributed by atoms with E-state index in [1.165, 1.54) is 5.69 Å². The summed E-state index contributed by atoms with van der Waals surface area (Å²) in [4.78, 5) is 24.3. The maximum Gasteiger partial charge on any atom is 0.289 e. The van der Waals surface area contributed by atoms with Crippen LogP contribution in [0.15, 0.2) is 54.6 Å². The number of piperazine rings is 1. The molecule has 23 heavy (non-hydrogen) atoms. The minimum Gasteiger partial charge on any atom is -0.368 e. The van der Waals surface area contributed by atoms with Crippen LogP contribution in [-0.2, 0) is 0 Å². The van der Waals surface area contributed by atoms with Crippen molar-refractivity contribution in [2.45, 2.75) is 0 Å². The minimum absolute atomic E-state index is 0.0195. The minimum atomic E-state index is -0.0195. The Kier molecular flexibility index (Phi) is 3.46. The summed E-state index contributed by atoms with van der Waals surface area (Å²) in [6.45, 7) is 3.11. The predicted octanol–water partition coefficient (Wildman–Crippen LogP) is 2.53. The van der Waals surface area contributed by atoms with Gasteiger partial charge in [-0.05, 0) is 24.3 Å². The van der Waals surface area contributed by atoms with Crippen LogP contribution in [-0.4, -0.2) is 47.0 Å². The third-order valence-electron chi connectivity index (χ3n) is 4.28. The molecule has 1 aliphatic rings. The molecule has 116 valence electrons. The number of hydrogen-bond donors (Lipinski definition) is 1. The van der Waals surface area contributed by atoms with Crippen LogP contribution in [0, 0.1) is 0 Å². The van der Waals surface area contributed by atoms with Crippen molar-refractivity contribution in [2.24, 2.45) is 0 Å². The van der Waals surface area contributed by atoms with Gasteiger partial charge in [0.2, 0.25) is 0 Å². The van der Waals surface area contributed by atoms with Gasteiger partial charge < -0.3 is 14.8 Å². The number of nitrogens with zero attached hydrogens (tertiary/aromatic N) is 3. The lowest BCUT2D eigenvalue weighted by atomic mass is 10.2. The molecular weight excluding hydrogens is 288 g/mol. The number of H-pyrrole nitrogens is 1. The Morgan fingerprint density at radius 3 is 2.35 bits per heavy atom. The molecule has 5 heteroatoms. The van der Waals surface area contributed by atoms with Crippen LogP contribution in [0.25, 0.3) is 11.0 Å². The fourth-order valence-corrected chi connectivity index (χ4v) is 3.01. The summed E-state index contributed by atoms with van der Waals surface area (Å²) < 4.78 is 0. The van der Waals surface area contributed by atoms with Gasteiger partial charge in [-0.1, -0.05) is 30.3 Å². The van der Waals surface area contributed by atoms with E-state index < -0.39 is 0 Å². The van der Waals surface area contributed by atoms with E-state index in [9.17, 15) is 4.79 Å². The van der Waals surface area contributed by atoms with Gasteiger partial charge >= 0.3 is 0 Å². The molecule has 1 saturated heterocycles. The highest BCUT2D eigenvalue weighted by Gasteiger charge is 2.24. The zero-order valence-corrected chi connectivity index (χ0v) is 12.8. The molecule has 0 unspecified atom stereocenters. The van der Waals surface area contributed by atoms with Crippen LogP contribution < -0.4 is 4.90 Å². The molecule has 1 amide bonds. The van der Waals surface area contributed by atoms with E-state index in [-0.39, 0.29) is 5.91 Å². The molecular formula is C18H18N4O. The van der Waals surface area contributed by atoms with Crippen molar-refractivity contribution >= 4 is 22.6 Å². The van der Waals surface area contributed by atoms with Gasteiger partial charge in [0, 0.05) is 31.9 Å². The van der Waals surface area contributed by atoms with E-state index in [2.05, 4.69) is 27.0 Å². The van der Waals surface area contributed by atoms with E-state index in [1.807, 2.05) is 47.4 Å². The van der Waals surface area contributed by atoms with Crippen molar-refractivity contribution in [3.63, 3.8) is 0 Å². The zero-order chi connectivity index (χ0) is 15.6. The summed E-state index contributed by atoms with van der Waals surface area (Å²) >= 11 is 0. The van der Waals surface area contributed by atoms with Crippen molar-refractivity contribution in [2.75, 3.05) is 31.1 Å². The first-order valence-corrected chi connectivity index (χ1v) is 7.85. The fourth-order valence-electron chi connectivity index (χ4n) is 3.01. The van der Waals surface area contributed by atoms with Gasteiger partial charge in [-0.2, -0.15) is 0 Å². The molecule has 1 N–H and O–H groups in total. The highest BCUT2D eigenvalue weighted by atomic mass is 16.2. The Morgan fingerprint density at radius 2 is 1.61 bits per heavy atom. The van der Waals surface area contributed by atoms with Crippen LogP contribution in [0.4, 0.5) is 5.69 Å². The van der Waals surface area contributed by atoms with Gasteiger partial charge in [-0.25, -0.2) is 4.98 Å². The number of aromatic nitrogens is 2. The zero-order valence-electron chi connectivity index (χ0n) is 12.8. The summed E-state index contributed by atoms with van der Waals surface area (Å²) in [7, 11) is 0. The Bertz CT molecular complexity index is 786. The molecule has 0 spiro atoms. The largest absolute Gasteiger partial charge is 0.368 e. The number of benzene rings is 2. The number of para-hydroxylation sites is 3. The first-order valence-electron chi connectivity index (χ1n) is 7.85.